The van der Waals surface area contributed by atoms with Gasteiger partial charge in [0, 0.05) is 6.54 Å². The minimum atomic E-state index is -3.59. The molecule has 0 heterocycles. The van der Waals surface area contributed by atoms with Crippen LogP contribution in [0.25, 0.3) is 0 Å². The fourth-order valence-electron chi connectivity index (χ4n) is 2.69. The summed E-state index contributed by atoms with van der Waals surface area (Å²) in [7, 11) is -3.59. The van der Waals surface area contributed by atoms with Crippen LogP contribution >= 0.6 is 0 Å². The second-order valence-electron chi connectivity index (χ2n) is 5.62. The number of nitrogens with two attached hydrogens (primary N) is 1. The van der Waals surface area contributed by atoms with Crippen molar-refractivity contribution in [2.24, 2.45) is 0 Å². The van der Waals surface area contributed by atoms with Crippen LogP contribution in [-0.4, -0.2) is 27.7 Å². The molecule has 1 aliphatic carbocycles. The Bertz CT molecular complexity index is 593. The van der Waals surface area contributed by atoms with Crippen molar-refractivity contribution in [1.29, 1.82) is 0 Å². The molecule has 1 aliphatic rings. The summed E-state index contributed by atoms with van der Waals surface area (Å²) in [5, 5.41) is 0. The zero-order chi connectivity index (χ0) is 15.5. The lowest BCUT2D eigenvalue weighted by Crippen LogP contribution is -2.29. The molecule has 3 N–H and O–H groups in total. The highest BCUT2D eigenvalue weighted by Gasteiger charge is 2.21. The van der Waals surface area contributed by atoms with Gasteiger partial charge in [-0.15, -0.1) is 0 Å². The van der Waals surface area contributed by atoms with Gasteiger partial charge in [-0.1, -0.05) is 25.0 Å². The van der Waals surface area contributed by atoms with E-state index >= 15 is 0 Å². The predicted molar refractivity (Wildman–Crippen MR) is 83.7 cm³/mol. The maximum atomic E-state index is 12.4. The zero-order valence-electron chi connectivity index (χ0n) is 12.7. The quantitative estimate of drug-likeness (QED) is 0.623. The first-order chi connectivity index (χ1) is 9.92. The Kier molecular flexibility index (Phi) is 5.24. The molecule has 2 rings (SSSR count). The maximum absolute atomic E-state index is 12.4. The van der Waals surface area contributed by atoms with E-state index in [1.807, 2.05) is 6.07 Å². The largest absolute Gasteiger partial charge is 0.397 e. The van der Waals surface area contributed by atoms with Crippen LogP contribution in [0.3, 0.4) is 0 Å². The van der Waals surface area contributed by atoms with Gasteiger partial charge in [0.25, 0.3) is 0 Å². The van der Waals surface area contributed by atoms with Gasteiger partial charge in [-0.25, -0.2) is 13.1 Å². The molecule has 0 bridgehead atoms. The van der Waals surface area contributed by atoms with Gasteiger partial charge in [0.2, 0.25) is 10.0 Å². The molecule has 0 unspecified atom stereocenters. The Morgan fingerprint density at radius 1 is 1.24 bits per heavy atom. The van der Waals surface area contributed by atoms with Gasteiger partial charge >= 0.3 is 0 Å². The van der Waals surface area contributed by atoms with Crippen LogP contribution in [0.4, 0.5) is 5.69 Å². The second kappa shape index (κ2) is 6.77. The first-order valence-electron chi connectivity index (χ1n) is 7.39. The minimum Gasteiger partial charge on any atom is -0.397 e. The van der Waals surface area contributed by atoms with Gasteiger partial charge in [-0.2, -0.15) is 0 Å². The third-order valence-electron chi connectivity index (χ3n) is 3.93. The van der Waals surface area contributed by atoms with Crippen molar-refractivity contribution in [3.05, 3.63) is 23.3 Å². The van der Waals surface area contributed by atoms with Crippen LogP contribution in [0, 0.1) is 13.8 Å². The Balaban J connectivity index is 1.97. The molecule has 118 valence electrons. The molecule has 0 saturated heterocycles. The topological polar surface area (TPSA) is 81.4 Å². The van der Waals surface area contributed by atoms with E-state index in [4.69, 9.17) is 10.5 Å². The molecule has 0 spiro atoms. The molecule has 1 aromatic rings. The number of rotatable bonds is 6. The molecule has 1 fully saturated rings. The highest BCUT2D eigenvalue weighted by atomic mass is 32.2. The van der Waals surface area contributed by atoms with Gasteiger partial charge in [0.15, 0.2) is 0 Å². The number of aryl methyl sites for hydroxylation is 2. The van der Waals surface area contributed by atoms with Crippen LogP contribution < -0.4 is 10.5 Å². The molecule has 0 radical (unpaired) electrons. The maximum Gasteiger partial charge on any atom is 0.242 e. The predicted octanol–water partition coefficient (Wildman–Crippen LogP) is 2.12. The average Bonchev–Trinajstić information content (AvgIpc) is 2.92. The fourth-order valence-corrected chi connectivity index (χ4v) is 4.13. The van der Waals surface area contributed by atoms with E-state index in [0.717, 1.165) is 18.4 Å². The van der Waals surface area contributed by atoms with Crippen molar-refractivity contribution in [2.45, 2.75) is 50.5 Å². The first-order valence-corrected chi connectivity index (χ1v) is 8.87. The van der Waals surface area contributed by atoms with E-state index in [0.29, 0.717) is 24.0 Å². The monoisotopic (exact) mass is 312 g/mol. The third-order valence-corrected chi connectivity index (χ3v) is 5.59. The Labute approximate surface area is 126 Å². The van der Waals surface area contributed by atoms with E-state index in [1.54, 1.807) is 19.9 Å². The molecule has 0 aromatic heterocycles. The van der Waals surface area contributed by atoms with E-state index in [2.05, 4.69) is 4.72 Å². The second-order valence-corrected chi connectivity index (χ2v) is 7.32. The summed E-state index contributed by atoms with van der Waals surface area (Å²) in [6.07, 6.45) is 4.86. The number of hydrogen-bond donors (Lipinski definition) is 2. The average molecular weight is 312 g/mol. The summed E-state index contributed by atoms with van der Waals surface area (Å²) in [6, 6.07) is 3.60. The summed E-state index contributed by atoms with van der Waals surface area (Å²) < 4.78 is 33.0. The molecule has 6 heteroatoms. The lowest BCUT2D eigenvalue weighted by molar-refractivity contribution is 0.0626. The highest BCUT2D eigenvalue weighted by Crippen LogP contribution is 2.25. The number of hydrogen-bond acceptors (Lipinski definition) is 4. The number of nitrogen functional groups attached to an aromatic ring is 1. The molecule has 5 nitrogen and oxygen atoms in total. The zero-order valence-corrected chi connectivity index (χ0v) is 13.5. The smallest absolute Gasteiger partial charge is 0.242 e. The molecule has 1 aromatic carbocycles. The summed E-state index contributed by atoms with van der Waals surface area (Å²) in [5.74, 6) is 0. The lowest BCUT2D eigenvalue weighted by Gasteiger charge is -2.15. The number of ether oxygens (including phenoxy) is 1. The van der Waals surface area contributed by atoms with Crippen molar-refractivity contribution in [3.63, 3.8) is 0 Å². The van der Waals surface area contributed by atoms with Crippen molar-refractivity contribution < 1.29 is 13.2 Å². The molecule has 0 atom stereocenters. The van der Waals surface area contributed by atoms with Gasteiger partial charge in [-0.3, -0.25) is 0 Å². The van der Waals surface area contributed by atoms with Gasteiger partial charge in [0.05, 0.1) is 18.4 Å². The van der Waals surface area contributed by atoms with Crippen molar-refractivity contribution in [3.8, 4) is 0 Å². The number of nitrogens with one attached hydrogen (secondary N) is 1. The standard InChI is InChI=1S/C15H24N2O3S/c1-11-7-8-12(2)15(14(11)16)21(18,19)17-9-10-20-13-5-3-4-6-13/h7-8,13,17H,3-6,9-10,16H2,1-2H3. The van der Waals surface area contributed by atoms with Gasteiger partial charge in [0.1, 0.15) is 4.90 Å². The van der Waals surface area contributed by atoms with Crippen LogP contribution in [0.1, 0.15) is 36.8 Å². The first kappa shape index (κ1) is 16.3. The Morgan fingerprint density at radius 2 is 1.86 bits per heavy atom. The molecule has 1 saturated carbocycles. The summed E-state index contributed by atoms with van der Waals surface area (Å²) >= 11 is 0. The Hall–Kier alpha value is -1.11. The van der Waals surface area contributed by atoms with Crippen LogP contribution in [0.5, 0.6) is 0 Å². The van der Waals surface area contributed by atoms with Crippen molar-refractivity contribution in [1.82, 2.24) is 4.72 Å². The SMILES string of the molecule is Cc1ccc(C)c(S(=O)(=O)NCCOC2CCCC2)c1N. The molecule has 21 heavy (non-hydrogen) atoms. The van der Waals surface area contributed by atoms with E-state index in [-0.39, 0.29) is 11.4 Å². The van der Waals surface area contributed by atoms with Gasteiger partial charge < -0.3 is 10.5 Å². The molecule has 0 aliphatic heterocycles. The summed E-state index contributed by atoms with van der Waals surface area (Å²) in [6.45, 7) is 4.22. The number of sulfonamides is 1. The lowest BCUT2D eigenvalue weighted by atomic mass is 10.1. The third kappa shape index (κ3) is 3.96. The summed E-state index contributed by atoms with van der Waals surface area (Å²) in [4.78, 5) is 0.184. The van der Waals surface area contributed by atoms with E-state index in [9.17, 15) is 8.42 Å². The van der Waals surface area contributed by atoms with E-state index < -0.39 is 10.0 Å². The van der Waals surface area contributed by atoms with Gasteiger partial charge in [-0.05, 0) is 37.8 Å². The number of anilines is 1. The van der Waals surface area contributed by atoms with Crippen LogP contribution in [-0.2, 0) is 14.8 Å². The summed E-state index contributed by atoms with van der Waals surface area (Å²) in [5.41, 5.74) is 7.66. The van der Waals surface area contributed by atoms with Crippen molar-refractivity contribution in [2.75, 3.05) is 18.9 Å². The minimum absolute atomic E-state index is 0.184. The fraction of sp³-hybridized carbons (Fsp3) is 0.600. The molecular weight excluding hydrogens is 288 g/mol. The molecular formula is C15H24N2O3S. The highest BCUT2D eigenvalue weighted by molar-refractivity contribution is 7.89. The van der Waals surface area contributed by atoms with Crippen LogP contribution in [0.2, 0.25) is 0 Å². The van der Waals surface area contributed by atoms with Crippen molar-refractivity contribution >= 4 is 15.7 Å². The van der Waals surface area contributed by atoms with Crippen LogP contribution in [0.15, 0.2) is 17.0 Å². The normalized spacial score (nSPS) is 16.5. The van der Waals surface area contributed by atoms with E-state index in [1.165, 1.54) is 12.8 Å². The Morgan fingerprint density at radius 3 is 2.52 bits per heavy atom. The molecule has 0 amide bonds. The number of benzene rings is 1.